The van der Waals surface area contributed by atoms with E-state index in [4.69, 9.17) is 0 Å². The normalized spacial score (nSPS) is 14.3. The lowest BCUT2D eigenvalue weighted by Gasteiger charge is -2.35. The third-order valence-electron chi connectivity index (χ3n) is 5.00. The molecule has 0 aliphatic carbocycles. The minimum absolute atomic E-state index is 0.147. The van der Waals surface area contributed by atoms with Crippen LogP contribution in [-0.2, 0) is 0 Å². The largest absolute Gasteiger partial charge is 0.353 e. The highest BCUT2D eigenvalue weighted by molar-refractivity contribution is 5.94. The van der Waals surface area contributed by atoms with Crippen molar-refractivity contribution in [1.82, 2.24) is 24.6 Å². The molecule has 0 saturated carbocycles. The summed E-state index contributed by atoms with van der Waals surface area (Å²) in [5, 5.41) is 4.51. The van der Waals surface area contributed by atoms with Gasteiger partial charge in [0, 0.05) is 43.5 Å². The first-order valence-corrected chi connectivity index (χ1v) is 9.60. The molecule has 0 radical (unpaired) electrons. The van der Waals surface area contributed by atoms with Crippen LogP contribution in [-0.4, -0.2) is 56.7 Å². The predicted molar refractivity (Wildman–Crippen MR) is 108 cm³/mol. The van der Waals surface area contributed by atoms with E-state index in [0.717, 1.165) is 23.0 Å². The van der Waals surface area contributed by atoms with Gasteiger partial charge in [0.1, 0.15) is 17.5 Å². The summed E-state index contributed by atoms with van der Waals surface area (Å²) >= 11 is 0. The lowest BCUT2D eigenvalue weighted by Crippen LogP contribution is -2.49. The number of rotatable bonds is 3. The molecule has 1 aliphatic heterocycles. The molecule has 0 spiro atoms. The molecule has 0 bridgehead atoms. The van der Waals surface area contributed by atoms with E-state index in [-0.39, 0.29) is 5.91 Å². The van der Waals surface area contributed by atoms with Gasteiger partial charge in [-0.25, -0.2) is 19.0 Å². The van der Waals surface area contributed by atoms with Crippen molar-refractivity contribution in [3.05, 3.63) is 65.0 Å². The summed E-state index contributed by atoms with van der Waals surface area (Å²) in [4.78, 5) is 25.6. The summed E-state index contributed by atoms with van der Waals surface area (Å²) in [6.45, 7) is 8.20. The maximum Gasteiger partial charge on any atom is 0.254 e. The average Bonchev–Trinajstić information content (AvgIpc) is 3.05. The van der Waals surface area contributed by atoms with E-state index in [9.17, 15) is 9.18 Å². The molecular formula is C21H23FN6O. The van der Waals surface area contributed by atoms with E-state index in [2.05, 4.69) is 20.0 Å². The second kappa shape index (κ2) is 7.62. The third-order valence-corrected chi connectivity index (χ3v) is 5.00. The van der Waals surface area contributed by atoms with Crippen LogP contribution in [0.5, 0.6) is 0 Å². The van der Waals surface area contributed by atoms with E-state index in [0.29, 0.717) is 37.6 Å². The third kappa shape index (κ3) is 3.96. The molecular weight excluding hydrogens is 371 g/mol. The molecule has 4 rings (SSSR count). The molecule has 1 aliphatic rings. The maximum absolute atomic E-state index is 13.4. The fraction of sp³-hybridized carbons (Fsp3) is 0.333. The number of nitrogens with zero attached hydrogens (tertiary/aromatic N) is 6. The number of hydrogen-bond donors (Lipinski definition) is 0. The van der Waals surface area contributed by atoms with Crippen LogP contribution in [0.3, 0.4) is 0 Å². The van der Waals surface area contributed by atoms with Crippen molar-refractivity contribution in [2.24, 2.45) is 0 Å². The Balaban J connectivity index is 1.50. The number of piperazine rings is 1. The lowest BCUT2D eigenvalue weighted by molar-refractivity contribution is 0.0746. The van der Waals surface area contributed by atoms with Crippen molar-refractivity contribution in [3.63, 3.8) is 0 Å². The second-order valence-electron chi connectivity index (χ2n) is 7.26. The molecule has 0 atom stereocenters. The molecule has 2 aromatic heterocycles. The van der Waals surface area contributed by atoms with Gasteiger partial charge in [-0.3, -0.25) is 4.79 Å². The molecule has 1 amide bonds. The summed E-state index contributed by atoms with van der Waals surface area (Å²) in [5.74, 6) is 1.67. The van der Waals surface area contributed by atoms with Gasteiger partial charge in [0.2, 0.25) is 0 Å². The molecule has 7 nitrogen and oxygen atoms in total. The van der Waals surface area contributed by atoms with Gasteiger partial charge < -0.3 is 9.80 Å². The Labute approximate surface area is 168 Å². The number of aryl methyl sites for hydroxylation is 3. The number of halogens is 1. The van der Waals surface area contributed by atoms with Crippen LogP contribution in [0.1, 0.15) is 27.6 Å². The molecule has 3 heterocycles. The molecule has 3 aromatic rings. The van der Waals surface area contributed by atoms with Crippen molar-refractivity contribution in [2.45, 2.75) is 20.8 Å². The maximum atomic E-state index is 13.4. The van der Waals surface area contributed by atoms with Crippen molar-refractivity contribution in [1.29, 1.82) is 0 Å². The molecule has 1 aromatic carbocycles. The number of hydrogen-bond acceptors (Lipinski definition) is 5. The van der Waals surface area contributed by atoms with Gasteiger partial charge in [-0.15, -0.1) is 0 Å². The van der Waals surface area contributed by atoms with Crippen LogP contribution in [0.4, 0.5) is 10.2 Å². The van der Waals surface area contributed by atoms with Crippen LogP contribution >= 0.6 is 0 Å². The average molecular weight is 394 g/mol. The smallest absolute Gasteiger partial charge is 0.254 e. The van der Waals surface area contributed by atoms with Crippen LogP contribution in [0.25, 0.3) is 5.82 Å². The Morgan fingerprint density at radius 2 is 1.69 bits per heavy atom. The van der Waals surface area contributed by atoms with Crippen molar-refractivity contribution >= 4 is 11.7 Å². The van der Waals surface area contributed by atoms with Gasteiger partial charge in [-0.2, -0.15) is 5.10 Å². The monoisotopic (exact) mass is 394 g/mol. The summed E-state index contributed by atoms with van der Waals surface area (Å²) in [6, 6.07) is 9.76. The number of aromatic nitrogens is 4. The van der Waals surface area contributed by atoms with Crippen LogP contribution in [0.15, 0.2) is 36.4 Å². The fourth-order valence-corrected chi connectivity index (χ4v) is 3.61. The first-order valence-electron chi connectivity index (χ1n) is 9.60. The second-order valence-corrected chi connectivity index (χ2v) is 7.26. The highest BCUT2D eigenvalue weighted by Gasteiger charge is 2.24. The van der Waals surface area contributed by atoms with E-state index in [1.807, 2.05) is 37.6 Å². The number of benzene rings is 1. The summed E-state index contributed by atoms with van der Waals surface area (Å²) in [7, 11) is 0. The van der Waals surface area contributed by atoms with Crippen molar-refractivity contribution in [3.8, 4) is 5.82 Å². The van der Waals surface area contributed by atoms with Gasteiger partial charge in [0.25, 0.3) is 5.91 Å². The Kier molecular flexibility index (Phi) is 5.00. The highest BCUT2D eigenvalue weighted by atomic mass is 19.1. The van der Waals surface area contributed by atoms with E-state index < -0.39 is 5.82 Å². The van der Waals surface area contributed by atoms with E-state index >= 15 is 0 Å². The fourth-order valence-electron chi connectivity index (χ4n) is 3.61. The zero-order valence-electron chi connectivity index (χ0n) is 16.8. The van der Waals surface area contributed by atoms with Crippen LogP contribution in [0, 0.1) is 26.6 Å². The quantitative estimate of drug-likeness (QED) is 0.683. The minimum atomic E-state index is -0.400. The van der Waals surface area contributed by atoms with E-state index in [1.54, 1.807) is 17.0 Å². The first kappa shape index (κ1) is 19.0. The summed E-state index contributed by atoms with van der Waals surface area (Å²) < 4.78 is 15.2. The first-order chi connectivity index (χ1) is 13.9. The van der Waals surface area contributed by atoms with Gasteiger partial charge in [0.05, 0.1) is 5.69 Å². The Hall–Kier alpha value is -3.29. The zero-order valence-corrected chi connectivity index (χ0v) is 16.8. The van der Waals surface area contributed by atoms with Gasteiger partial charge in [-0.1, -0.05) is 6.07 Å². The van der Waals surface area contributed by atoms with Gasteiger partial charge in [-0.05, 0) is 45.0 Å². The molecule has 8 heteroatoms. The molecule has 0 N–H and O–H groups in total. The minimum Gasteiger partial charge on any atom is -0.353 e. The molecule has 1 saturated heterocycles. The van der Waals surface area contributed by atoms with Crippen molar-refractivity contribution in [2.75, 3.05) is 31.1 Å². The standard InChI is InChI=1S/C21H23FN6O/c1-14-11-15(2)28(25-14)20-13-19(23-16(3)24-20)26-7-9-27(10-8-26)21(29)17-5-4-6-18(22)12-17/h4-6,11-13H,7-10H2,1-3H3. The topological polar surface area (TPSA) is 67.2 Å². The highest BCUT2D eigenvalue weighted by Crippen LogP contribution is 2.19. The number of carbonyl (C=O) groups is 1. The molecule has 0 unspecified atom stereocenters. The van der Waals surface area contributed by atoms with E-state index in [1.165, 1.54) is 12.1 Å². The predicted octanol–water partition coefficient (Wildman–Crippen LogP) is 2.69. The Bertz CT molecular complexity index is 1060. The molecule has 1 fully saturated rings. The Morgan fingerprint density at radius 3 is 2.34 bits per heavy atom. The van der Waals surface area contributed by atoms with Gasteiger partial charge in [0.15, 0.2) is 5.82 Å². The Morgan fingerprint density at radius 1 is 0.966 bits per heavy atom. The summed E-state index contributed by atoms with van der Waals surface area (Å²) in [6.07, 6.45) is 0. The molecule has 29 heavy (non-hydrogen) atoms. The van der Waals surface area contributed by atoms with Crippen molar-refractivity contribution < 1.29 is 9.18 Å². The van der Waals surface area contributed by atoms with Crippen LogP contribution < -0.4 is 4.90 Å². The lowest BCUT2D eigenvalue weighted by atomic mass is 10.1. The zero-order chi connectivity index (χ0) is 20.5. The number of carbonyl (C=O) groups excluding carboxylic acids is 1. The number of amides is 1. The van der Waals surface area contributed by atoms with Crippen LogP contribution in [0.2, 0.25) is 0 Å². The number of anilines is 1. The SMILES string of the molecule is Cc1cc(C)n(-c2cc(N3CCN(C(=O)c4cccc(F)c4)CC3)nc(C)n2)n1. The molecule has 150 valence electrons. The van der Waals surface area contributed by atoms with Gasteiger partial charge >= 0.3 is 0 Å². The summed E-state index contributed by atoms with van der Waals surface area (Å²) in [5.41, 5.74) is 2.32.